The summed E-state index contributed by atoms with van der Waals surface area (Å²) in [7, 11) is 0. The van der Waals surface area contributed by atoms with Crippen LogP contribution in [0.4, 0.5) is 5.69 Å². The molecule has 0 fully saturated rings. The molecule has 108 valence electrons. The van der Waals surface area contributed by atoms with E-state index in [1.807, 2.05) is 18.2 Å². The Kier molecular flexibility index (Phi) is 4.27. The lowest BCUT2D eigenvalue weighted by Gasteiger charge is -2.16. The zero-order valence-corrected chi connectivity index (χ0v) is 15.2. The summed E-state index contributed by atoms with van der Waals surface area (Å²) in [5.74, 6) is -0.0512. The Morgan fingerprint density at radius 1 is 1.29 bits per heavy atom. The van der Waals surface area contributed by atoms with Crippen LogP contribution in [0.1, 0.15) is 22.8 Å². The summed E-state index contributed by atoms with van der Waals surface area (Å²) in [6.45, 7) is 0. The van der Waals surface area contributed by atoms with Gasteiger partial charge in [0.2, 0.25) is 5.91 Å². The zero-order valence-electron chi connectivity index (χ0n) is 10.7. The van der Waals surface area contributed by atoms with Gasteiger partial charge in [-0.05, 0) is 64.0 Å². The molecule has 1 aliphatic rings. The van der Waals surface area contributed by atoms with Crippen LogP contribution in [-0.2, 0) is 11.2 Å². The number of carbonyl (C=O) groups is 1. The van der Waals surface area contributed by atoms with Crippen LogP contribution in [0, 0.1) is 3.57 Å². The van der Waals surface area contributed by atoms with Crippen LogP contribution in [0.2, 0.25) is 5.02 Å². The molecule has 6 heteroatoms. The van der Waals surface area contributed by atoms with Gasteiger partial charge in [-0.2, -0.15) is 0 Å². The molecule has 1 atom stereocenters. The molecule has 2 aromatic carbocycles. The number of amides is 1. The van der Waals surface area contributed by atoms with Gasteiger partial charge in [-0.15, -0.1) is 0 Å². The Morgan fingerprint density at radius 2 is 2.05 bits per heavy atom. The number of hydrogen-bond acceptors (Lipinski definition) is 2. The van der Waals surface area contributed by atoms with E-state index < -0.39 is 6.10 Å². The van der Waals surface area contributed by atoms with Crippen LogP contribution < -0.4 is 5.32 Å². The van der Waals surface area contributed by atoms with Crippen LogP contribution in [0.25, 0.3) is 0 Å². The van der Waals surface area contributed by atoms with E-state index in [9.17, 15) is 9.90 Å². The van der Waals surface area contributed by atoms with Crippen molar-refractivity contribution >= 4 is 61.7 Å². The van der Waals surface area contributed by atoms with Crippen LogP contribution >= 0.6 is 50.1 Å². The highest BCUT2D eigenvalue weighted by atomic mass is 127. The molecule has 1 amide bonds. The molecule has 2 aromatic rings. The van der Waals surface area contributed by atoms with Crippen molar-refractivity contribution < 1.29 is 9.90 Å². The van der Waals surface area contributed by atoms with E-state index in [-0.39, 0.29) is 5.91 Å². The van der Waals surface area contributed by atoms with Crippen molar-refractivity contribution in [3.8, 4) is 0 Å². The number of halogens is 3. The molecule has 2 N–H and O–H groups in total. The second-order valence-corrected chi connectivity index (χ2v) is 7.31. The van der Waals surface area contributed by atoms with Gasteiger partial charge in [-0.25, -0.2) is 0 Å². The Balaban J connectivity index is 2.06. The van der Waals surface area contributed by atoms with E-state index in [4.69, 9.17) is 11.6 Å². The lowest BCUT2D eigenvalue weighted by atomic mass is 9.98. The Hall–Kier alpha value is -0.630. The van der Waals surface area contributed by atoms with Gasteiger partial charge in [0.05, 0.1) is 6.42 Å². The average Bonchev–Trinajstić information content (AvgIpc) is 2.79. The van der Waals surface area contributed by atoms with Crippen molar-refractivity contribution in [1.29, 1.82) is 0 Å². The van der Waals surface area contributed by atoms with E-state index in [1.165, 1.54) is 0 Å². The highest BCUT2D eigenvalue weighted by Gasteiger charge is 2.23. The lowest BCUT2D eigenvalue weighted by molar-refractivity contribution is -0.115. The molecule has 1 heterocycles. The largest absolute Gasteiger partial charge is 0.384 e. The fraction of sp³-hybridized carbons (Fsp3) is 0.133. The molecule has 3 rings (SSSR count). The van der Waals surface area contributed by atoms with E-state index in [0.717, 1.165) is 24.9 Å². The van der Waals surface area contributed by atoms with E-state index in [1.54, 1.807) is 12.1 Å². The SMILES string of the molecule is O=C1Cc2cc(C(O)c3cc(Br)ccc3I)c(Cl)cc2N1. The van der Waals surface area contributed by atoms with Gasteiger partial charge in [0.15, 0.2) is 0 Å². The molecule has 0 aromatic heterocycles. The lowest BCUT2D eigenvalue weighted by Crippen LogP contribution is -2.04. The first-order chi connectivity index (χ1) is 9.95. The Bertz CT molecular complexity index is 751. The molecular formula is C15H10BrClINO2. The second kappa shape index (κ2) is 5.87. The van der Waals surface area contributed by atoms with Crippen molar-refractivity contribution in [2.45, 2.75) is 12.5 Å². The number of nitrogens with one attached hydrogen (secondary N) is 1. The van der Waals surface area contributed by atoms with Gasteiger partial charge in [-0.1, -0.05) is 27.5 Å². The standard InChI is InChI=1S/C15H10BrClINO2/c16-8-1-2-12(18)10(5-8)15(21)9-3-7-4-14(20)19-13(7)6-11(9)17/h1-3,5-6,15,21H,4H2,(H,19,20). The zero-order chi connectivity index (χ0) is 15.1. The fourth-order valence-electron chi connectivity index (χ4n) is 2.37. The maximum absolute atomic E-state index is 11.4. The van der Waals surface area contributed by atoms with Crippen molar-refractivity contribution in [2.75, 3.05) is 5.32 Å². The monoisotopic (exact) mass is 477 g/mol. The molecule has 0 aliphatic carbocycles. The van der Waals surface area contributed by atoms with Crippen LogP contribution in [0.3, 0.4) is 0 Å². The highest BCUT2D eigenvalue weighted by Crippen LogP contribution is 2.37. The van der Waals surface area contributed by atoms with Gasteiger partial charge < -0.3 is 10.4 Å². The van der Waals surface area contributed by atoms with E-state index in [2.05, 4.69) is 43.8 Å². The summed E-state index contributed by atoms with van der Waals surface area (Å²) in [6.07, 6.45) is -0.509. The number of aliphatic hydroxyl groups is 1. The van der Waals surface area contributed by atoms with Crippen molar-refractivity contribution in [3.05, 3.63) is 60.1 Å². The summed E-state index contributed by atoms with van der Waals surface area (Å²) >= 11 is 11.9. The third kappa shape index (κ3) is 2.97. The van der Waals surface area contributed by atoms with Crippen LogP contribution in [0.15, 0.2) is 34.8 Å². The van der Waals surface area contributed by atoms with Crippen LogP contribution in [0.5, 0.6) is 0 Å². The summed E-state index contributed by atoms with van der Waals surface area (Å²) < 4.78 is 1.85. The second-order valence-electron chi connectivity index (χ2n) is 4.82. The molecule has 3 nitrogen and oxygen atoms in total. The quantitative estimate of drug-likeness (QED) is 0.633. The summed E-state index contributed by atoms with van der Waals surface area (Å²) in [5, 5.41) is 13.9. The molecule has 0 radical (unpaired) electrons. The molecule has 0 spiro atoms. The number of rotatable bonds is 2. The molecule has 0 saturated carbocycles. The van der Waals surface area contributed by atoms with Gasteiger partial charge in [-0.3, -0.25) is 4.79 Å². The van der Waals surface area contributed by atoms with Crippen molar-refractivity contribution in [1.82, 2.24) is 0 Å². The molecular weight excluding hydrogens is 468 g/mol. The predicted octanol–water partition coefficient (Wildman–Crippen LogP) is 4.28. The molecule has 1 aliphatic heterocycles. The third-order valence-electron chi connectivity index (χ3n) is 3.39. The minimum Gasteiger partial charge on any atom is -0.384 e. The Labute approximate surface area is 149 Å². The minimum absolute atomic E-state index is 0.0512. The first-order valence-corrected chi connectivity index (χ1v) is 8.46. The van der Waals surface area contributed by atoms with E-state index >= 15 is 0 Å². The summed E-state index contributed by atoms with van der Waals surface area (Å²) in [5.41, 5.74) is 2.99. The van der Waals surface area contributed by atoms with Crippen molar-refractivity contribution in [2.24, 2.45) is 0 Å². The first-order valence-electron chi connectivity index (χ1n) is 6.21. The topological polar surface area (TPSA) is 49.3 Å². The number of fused-ring (bicyclic) bond motifs is 1. The predicted molar refractivity (Wildman–Crippen MR) is 94.7 cm³/mol. The van der Waals surface area contributed by atoms with Gasteiger partial charge >= 0.3 is 0 Å². The summed E-state index contributed by atoms with van der Waals surface area (Å²) in [4.78, 5) is 11.4. The third-order valence-corrected chi connectivity index (χ3v) is 5.20. The maximum Gasteiger partial charge on any atom is 0.228 e. The number of hydrogen-bond donors (Lipinski definition) is 2. The van der Waals surface area contributed by atoms with E-state index in [0.29, 0.717) is 17.0 Å². The minimum atomic E-state index is -0.831. The van der Waals surface area contributed by atoms with Crippen molar-refractivity contribution in [3.63, 3.8) is 0 Å². The number of carbonyl (C=O) groups excluding carboxylic acids is 1. The van der Waals surface area contributed by atoms with Gasteiger partial charge in [0, 0.05) is 24.3 Å². The molecule has 0 bridgehead atoms. The highest BCUT2D eigenvalue weighted by molar-refractivity contribution is 14.1. The average molecular weight is 479 g/mol. The maximum atomic E-state index is 11.4. The number of anilines is 1. The Morgan fingerprint density at radius 3 is 2.81 bits per heavy atom. The van der Waals surface area contributed by atoms with Gasteiger partial charge in [0.25, 0.3) is 0 Å². The smallest absolute Gasteiger partial charge is 0.228 e. The number of benzene rings is 2. The first kappa shape index (κ1) is 15.3. The van der Waals surface area contributed by atoms with Crippen LogP contribution in [-0.4, -0.2) is 11.0 Å². The fourth-order valence-corrected chi connectivity index (χ4v) is 3.64. The van der Waals surface area contributed by atoms with Gasteiger partial charge in [0.1, 0.15) is 6.10 Å². The summed E-state index contributed by atoms with van der Waals surface area (Å²) in [6, 6.07) is 9.22. The molecule has 21 heavy (non-hydrogen) atoms. The number of aliphatic hydroxyl groups excluding tert-OH is 1. The molecule has 0 saturated heterocycles. The normalized spacial score (nSPS) is 14.8. The molecule has 1 unspecified atom stereocenters.